The van der Waals surface area contributed by atoms with Crippen LogP contribution in [0.25, 0.3) is 5.65 Å². The van der Waals surface area contributed by atoms with E-state index in [0.29, 0.717) is 46.8 Å². The van der Waals surface area contributed by atoms with Gasteiger partial charge in [-0.15, -0.1) is 0 Å². The molecule has 0 radical (unpaired) electrons. The van der Waals surface area contributed by atoms with E-state index in [4.69, 9.17) is 4.74 Å². The van der Waals surface area contributed by atoms with E-state index in [1.165, 1.54) is 7.11 Å². The molecule has 1 amide bonds. The summed E-state index contributed by atoms with van der Waals surface area (Å²) in [4.78, 5) is 31.9. The molecule has 2 fully saturated rings. The molecule has 4 rings (SSSR count). The van der Waals surface area contributed by atoms with Crippen molar-refractivity contribution < 1.29 is 9.53 Å². The summed E-state index contributed by atoms with van der Waals surface area (Å²) in [7, 11) is 1.52. The number of anilines is 1. The van der Waals surface area contributed by atoms with Crippen LogP contribution in [0.15, 0.2) is 34.4 Å². The number of carbonyl (C=O) groups excluding carboxylic acids is 1. The number of likely N-dealkylation sites (tertiary alicyclic amines) is 1. The van der Waals surface area contributed by atoms with Gasteiger partial charge in [0.15, 0.2) is 5.82 Å². The Labute approximate surface area is 181 Å². The fraction of sp³-hybridized carbons (Fsp3) is 0.476. The number of imidazole rings is 1. The van der Waals surface area contributed by atoms with E-state index in [1.807, 2.05) is 13.1 Å². The fourth-order valence-corrected chi connectivity index (χ4v) is 4.18. The van der Waals surface area contributed by atoms with Crippen molar-refractivity contribution in [3.63, 3.8) is 0 Å². The highest BCUT2D eigenvalue weighted by atomic mass is 16.5. The molecule has 2 aliphatic rings. The van der Waals surface area contributed by atoms with Crippen molar-refractivity contribution >= 4 is 29.8 Å². The second-order valence-electron chi connectivity index (χ2n) is 7.88. The highest BCUT2D eigenvalue weighted by Crippen LogP contribution is 2.46. The van der Waals surface area contributed by atoms with E-state index in [0.717, 1.165) is 25.3 Å². The lowest BCUT2D eigenvalue weighted by Crippen LogP contribution is -2.30. The number of hydrogen-bond donors (Lipinski definition) is 2. The van der Waals surface area contributed by atoms with Gasteiger partial charge in [0.05, 0.1) is 25.2 Å². The highest BCUT2D eigenvalue weighted by Gasteiger charge is 2.55. The summed E-state index contributed by atoms with van der Waals surface area (Å²) in [6.07, 6.45) is 5.13. The molecule has 0 spiro atoms. The average molecular weight is 425 g/mol. The first-order valence-electron chi connectivity index (χ1n) is 10.4. The topological polar surface area (TPSA) is 109 Å². The number of ether oxygens (including phenoxy) is 1. The summed E-state index contributed by atoms with van der Waals surface area (Å²) in [5.74, 6) is 2.32. The third kappa shape index (κ3) is 4.15. The minimum absolute atomic E-state index is 0.290. The van der Waals surface area contributed by atoms with Crippen LogP contribution in [0.3, 0.4) is 0 Å². The Morgan fingerprint density at radius 3 is 2.74 bits per heavy atom. The van der Waals surface area contributed by atoms with Crippen LogP contribution < -0.4 is 15.4 Å². The van der Waals surface area contributed by atoms with Crippen LogP contribution in [0, 0.1) is 18.8 Å². The molecular weight excluding hydrogens is 396 g/mol. The molecule has 164 valence electrons. The minimum atomic E-state index is -0.359. The van der Waals surface area contributed by atoms with Crippen LogP contribution in [-0.4, -0.2) is 70.4 Å². The van der Waals surface area contributed by atoms with Crippen molar-refractivity contribution in [1.29, 1.82) is 0 Å². The van der Waals surface area contributed by atoms with Crippen LogP contribution in [0.4, 0.5) is 5.82 Å². The number of piperidine rings is 1. The molecule has 10 nitrogen and oxygen atoms in total. The zero-order valence-electron chi connectivity index (χ0n) is 18.3. The second kappa shape index (κ2) is 8.46. The molecule has 1 aliphatic carbocycles. The van der Waals surface area contributed by atoms with E-state index >= 15 is 0 Å². The third-order valence-electron chi connectivity index (χ3n) is 5.78. The van der Waals surface area contributed by atoms with E-state index in [2.05, 4.69) is 49.1 Å². The number of hydrogen-bond acceptors (Lipinski definition) is 8. The average Bonchev–Trinajstić information content (AvgIpc) is 3.07. The van der Waals surface area contributed by atoms with E-state index < -0.39 is 0 Å². The summed E-state index contributed by atoms with van der Waals surface area (Å²) in [6.45, 7) is 12.2. The Bertz CT molecular complexity index is 1060. The van der Waals surface area contributed by atoms with Gasteiger partial charge in [-0.3, -0.25) is 14.2 Å². The van der Waals surface area contributed by atoms with Gasteiger partial charge in [0.2, 0.25) is 5.65 Å². The van der Waals surface area contributed by atoms with Crippen molar-refractivity contribution in [3.05, 3.63) is 30.1 Å². The molecule has 10 heteroatoms. The van der Waals surface area contributed by atoms with Gasteiger partial charge < -0.3 is 20.3 Å². The predicted molar refractivity (Wildman–Crippen MR) is 120 cm³/mol. The molecule has 2 aromatic heterocycles. The van der Waals surface area contributed by atoms with Gasteiger partial charge in [0.25, 0.3) is 11.8 Å². The maximum atomic E-state index is 12.6. The van der Waals surface area contributed by atoms with Gasteiger partial charge in [-0.05, 0) is 38.9 Å². The Hall–Kier alpha value is -3.27. The summed E-state index contributed by atoms with van der Waals surface area (Å²) in [5.41, 5.74) is 1.71. The third-order valence-corrected chi connectivity index (χ3v) is 5.78. The normalized spacial score (nSPS) is 23.1. The number of rotatable bonds is 8. The molecule has 3 heterocycles. The predicted octanol–water partition coefficient (Wildman–Crippen LogP) is 1.48. The first-order valence-corrected chi connectivity index (χ1v) is 10.4. The maximum Gasteiger partial charge on any atom is 0.270 e. The van der Waals surface area contributed by atoms with Gasteiger partial charge >= 0.3 is 0 Å². The maximum absolute atomic E-state index is 12.6. The molecular formula is C21H28N8O2. The largest absolute Gasteiger partial charge is 0.478 e. The van der Waals surface area contributed by atoms with E-state index in [9.17, 15) is 4.79 Å². The Kier molecular flexibility index (Phi) is 5.73. The summed E-state index contributed by atoms with van der Waals surface area (Å²) in [6, 6.07) is 0.615. The van der Waals surface area contributed by atoms with Gasteiger partial charge in [-0.1, -0.05) is 6.92 Å². The second-order valence-corrected chi connectivity index (χ2v) is 7.88. The van der Waals surface area contributed by atoms with Crippen LogP contribution in [-0.2, 0) is 4.79 Å². The number of amides is 1. The summed E-state index contributed by atoms with van der Waals surface area (Å²) < 4.78 is 7.06. The van der Waals surface area contributed by atoms with Crippen molar-refractivity contribution in [3.8, 4) is 5.88 Å². The number of nitrogens with zero attached hydrogens (tertiary/aromatic N) is 6. The molecule has 0 aromatic carbocycles. The van der Waals surface area contributed by atoms with Crippen LogP contribution >= 0.6 is 0 Å². The molecule has 1 aliphatic heterocycles. The monoisotopic (exact) mass is 424 g/mol. The van der Waals surface area contributed by atoms with Gasteiger partial charge in [-0.2, -0.15) is 4.98 Å². The van der Waals surface area contributed by atoms with Crippen molar-refractivity contribution in [2.75, 3.05) is 32.1 Å². The van der Waals surface area contributed by atoms with Gasteiger partial charge in [0, 0.05) is 25.3 Å². The summed E-state index contributed by atoms with van der Waals surface area (Å²) in [5, 5.41) is 6.27. The van der Waals surface area contributed by atoms with Crippen LogP contribution in [0.1, 0.15) is 19.5 Å². The Morgan fingerprint density at radius 1 is 1.35 bits per heavy atom. The molecule has 0 bridgehead atoms. The SMILES string of the molecule is C=N/C(=C\N=C(/C)C(=O)Nc1cn2cc(C)nc2c(OC)n1)N1CC2C(C1)C2NCC. The molecule has 2 atom stereocenters. The number of carbonyl (C=O) groups is 1. The van der Waals surface area contributed by atoms with Crippen molar-refractivity contribution in [2.24, 2.45) is 21.8 Å². The lowest BCUT2D eigenvalue weighted by Gasteiger charge is -2.21. The lowest BCUT2D eigenvalue weighted by atomic mass is 10.3. The number of aromatic nitrogens is 3. The molecule has 31 heavy (non-hydrogen) atoms. The van der Waals surface area contributed by atoms with Crippen LogP contribution in [0.5, 0.6) is 5.88 Å². The Morgan fingerprint density at radius 2 is 2.10 bits per heavy atom. The van der Waals surface area contributed by atoms with E-state index in [-0.39, 0.29) is 5.91 Å². The lowest BCUT2D eigenvalue weighted by molar-refractivity contribution is -0.110. The van der Waals surface area contributed by atoms with Gasteiger partial charge in [-0.25, -0.2) is 9.98 Å². The number of aliphatic imine (C=N–C) groups is 2. The molecule has 2 unspecified atom stereocenters. The number of aryl methyl sites for hydroxylation is 1. The Balaban J connectivity index is 1.43. The summed E-state index contributed by atoms with van der Waals surface area (Å²) >= 11 is 0. The zero-order chi connectivity index (χ0) is 22.1. The zero-order valence-corrected chi connectivity index (χ0v) is 18.3. The quantitative estimate of drug-likeness (QED) is 0.622. The number of nitrogens with one attached hydrogen (secondary N) is 2. The van der Waals surface area contributed by atoms with Crippen molar-refractivity contribution in [1.82, 2.24) is 24.6 Å². The number of methoxy groups -OCH3 is 1. The standard InChI is InChI=1S/C21H28N8O2/c1-6-23-18-14-9-28(10-15(14)18)17(22-4)7-24-13(3)20(30)26-16-11-29-8-12(2)25-19(29)21(27-16)31-5/h7-8,11,14-15,18,23H,4,6,9-10H2,1-3,5H3,(H,26,30)/b17-7+,24-13+. The number of fused-ring (bicyclic) bond motifs is 2. The van der Waals surface area contributed by atoms with Crippen molar-refractivity contribution in [2.45, 2.75) is 26.8 Å². The molecule has 2 N–H and O–H groups in total. The minimum Gasteiger partial charge on any atom is -0.478 e. The first-order chi connectivity index (χ1) is 14.9. The smallest absolute Gasteiger partial charge is 0.270 e. The highest BCUT2D eigenvalue weighted by molar-refractivity contribution is 6.42. The first kappa shape index (κ1) is 21.0. The fourth-order valence-electron chi connectivity index (χ4n) is 4.18. The van der Waals surface area contributed by atoms with E-state index in [1.54, 1.807) is 23.7 Å². The van der Waals surface area contributed by atoms with Crippen LogP contribution in [0.2, 0.25) is 0 Å². The molecule has 2 aromatic rings. The molecule has 1 saturated heterocycles. The van der Waals surface area contributed by atoms with Gasteiger partial charge in [0.1, 0.15) is 11.5 Å². The molecule has 1 saturated carbocycles.